The number of aliphatic imine (C=N–C) groups is 1. The van der Waals surface area contributed by atoms with Gasteiger partial charge in [0, 0.05) is 17.2 Å². The van der Waals surface area contributed by atoms with Crippen LogP contribution in [0.1, 0.15) is 43.8 Å². The molecule has 3 N–H and O–H groups in total. The molecule has 7 heteroatoms. The van der Waals surface area contributed by atoms with Gasteiger partial charge in [-0.05, 0) is 11.6 Å². The average molecular weight is 354 g/mol. The van der Waals surface area contributed by atoms with E-state index < -0.39 is 0 Å². The highest BCUT2D eigenvalue weighted by Gasteiger charge is 2.40. The quantitative estimate of drug-likeness (QED) is 0.858. The van der Waals surface area contributed by atoms with Crippen molar-refractivity contribution in [3.05, 3.63) is 46.8 Å². The molecule has 1 aromatic carbocycles. The van der Waals surface area contributed by atoms with E-state index in [1.54, 1.807) is 14.2 Å². The van der Waals surface area contributed by atoms with E-state index in [-0.39, 0.29) is 11.3 Å². The van der Waals surface area contributed by atoms with Gasteiger partial charge in [-0.15, -0.1) is 0 Å². The van der Waals surface area contributed by atoms with Crippen LogP contribution in [0.15, 0.2) is 39.1 Å². The molecule has 0 fully saturated rings. The van der Waals surface area contributed by atoms with Crippen LogP contribution in [0.3, 0.4) is 0 Å². The first-order valence-corrected chi connectivity index (χ1v) is 8.42. The number of hydrogen-bond acceptors (Lipinski definition) is 7. The second-order valence-corrected chi connectivity index (χ2v) is 7.41. The SMILES string of the molecule is COC1=C2C(N)=Nc3oc(C(C)(C)C)nc3C2c2ccc(OC)cc2N1. The van der Waals surface area contributed by atoms with Gasteiger partial charge < -0.3 is 24.9 Å². The van der Waals surface area contributed by atoms with Crippen LogP contribution in [-0.4, -0.2) is 25.0 Å². The van der Waals surface area contributed by atoms with E-state index >= 15 is 0 Å². The van der Waals surface area contributed by atoms with Crippen molar-refractivity contribution < 1.29 is 13.9 Å². The van der Waals surface area contributed by atoms with Crippen molar-refractivity contribution in [1.29, 1.82) is 0 Å². The predicted molar refractivity (Wildman–Crippen MR) is 99.0 cm³/mol. The molecular weight excluding hydrogens is 332 g/mol. The van der Waals surface area contributed by atoms with Gasteiger partial charge in [-0.2, -0.15) is 4.99 Å². The Balaban J connectivity index is 1.96. The molecule has 0 saturated carbocycles. The van der Waals surface area contributed by atoms with Crippen LogP contribution in [0.25, 0.3) is 0 Å². The highest BCUT2D eigenvalue weighted by molar-refractivity contribution is 6.04. The monoisotopic (exact) mass is 354 g/mol. The predicted octanol–water partition coefficient (Wildman–Crippen LogP) is 3.40. The van der Waals surface area contributed by atoms with Crippen molar-refractivity contribution in [3.63, 3.8) is 0 Å². The van der Waals surface area contributed by atoms with Crippen molar-refractivity contribution in [2.45, 2.75) is 32.1 Å². The zero-order valence-corrected chi connectivity index (χ0v) is 15.5. The summed E-state index contributed by atoms with van der Waals surface area (Å²) in [6.07, 6.45) is 0. The first-order chi connectivity index (χ1) is 12.3. The molecule has 3 heterocycles. The molecule has 7 nitrogen and oxygen atoms in total. The number of oxazole rings is 1. The van der Waals surface area contributed by atoms with Crippen molar-refractivity contribution >= 4 is 17.4 Å². The van der Waals surface area contributed by atoms with E-state index in [2.05, 4.69) is 31.1 Å². The Hall–Kier alpha value is -2.96. The summed E-state index contributed by atoms with van der Waals surface area (Å²) in [5.41, 5.74) is 9.46. The summed E-state index contributed by atoms with van der Waals surface area (Å²) in [6, 6.07) is 5.85. The maximum atomic E-state index is 6.26. The van der Waals surface area contributed by atoms with Crippen LogP contribution < -0.4 is 15.8 Å². The fraction of sp³-hybridized carbons (Fsp3) is 0.368. The van der Waals surface area contributed by atoms with E-state index in [0.29, 0.717) is 23.5 Å². The van der Waals surface area contributed by atoms with Crippen LogP contribution >= 0.6 is 0 Å². The standard InChI is InChI=1S/C19H22N4O3/c1-19(2,3)18-22-14-12-10-7-6-9(24-4)8-11(10)21-16(25-5)13(12)15(20)23-17(14)26-18/h6-8,12,21H,1-5H3,(H2,20,23). The third-order valence-electron chi connectivity index (χ3n) is 4.60. The zero-order chi connectivity index (χ0) is 18.6. The molecule has 1 aromatic heterocycles. The van der Waals surface area contributed by atoms with Gasteiger partial charge in [0.2, 0.25) is 11.8 Å². The number of anilines is 1. The minimum absolute atomic E-state index is 0.209. The second-order valence-electron chi connectivity index (χ2n) is 7.41. The van der Waals surface area contributed by atoms with Gasteiger partial charge in [-0.3, -0.25) is 0 Å². The lowest BCUT2D eigenvalue weighted by molar-refractivity contribution is 0.291. The Morgan fingerprint density at radius 1 is 1.19 bits per heavy atom. The molecule has 0 bridgehead atoms. The highest BCUT2D eigenvalue weighted by Crippen LogP contribution is 2.48. The van der Waals surface area contributed by atoms with Crippen LogP contribution in [0, 0.1) is 0 Å². The molecule has 1 atom stereocenters. The summed E-state index contributed by atoms with van der Waals surface area (Å²) in [5.74, 6) is 2.56. The molecule has 2 aliphatic heterocycles. The Morgan fingerprint density at radius 2 is 1.96 bits per heavy atom. The van der Waals surface area contributed by atoms with Gasteiger partial charge in [0.1, 0.15) is 17.3 Å². The van der Waals surface area contributed by atoms with Gasteiger partial charge in [0.15, 0.2) is 5.88 Å². The molecule has 0 radical (unpaired) electrons. The lowest BCUT2D eigenvalue weighted by Crippen LogP contribution is -2.31. The third-order valence-corrected chi connectivity index (χ3v) is 4.60. The minimum atomic E-state index is -0.231. The minimum Gasteiger partial charge on any atom is -0.497 e. The van der Waals surface area contributed by atoms with Crippen molar-refractivity contribution in [2.24, 2.45) is 10.7 Å². The van der Waals surface area contributed by atoms with Crippen LogP contribution in [0.2, 0.25) is 0 Å². The van der Waals surface area contributed by atoms with E-state index in [1.807, 2.05) is 18.2 Å². The van der Waals surface area contributed by atoms with E-state index in [0.717, 1.165) is 28.3 Å². The maximum absolute atomic E-state index is 6.26. The Labute approximate surface area is 151 Å². The topological polar surface area (TPSA) is 94.9 Å². The van der Waals surface area contributed by atoms with Crippen LogP contribution in [0.5, 0.6) is 5.75 Å². The first-order valence-electron chi connectivity index (χ1n) is 8.42. The number of rotatable bonds is 2. The number of nitrogens with two attached hydrogens (primary N) is 1. The number of nitrogens with one attached hydrogen (secondary N) is 1. The molecule has 0 spiro atoms. The van der Waals surface area contributed by atoms with E-state index in [4.69, 9.17) is 24.6 Å². The molecule has 136 valence electrons. The number of benzene rings is 1. The lowest BCUT2D eigenvalue weighted by atomic mass is 9.83. The lowest BCUT2D eigenvalue weighted by Gasteiger charge is -2.31. The first kappa shape index (κ1) is 16.5. The summed E-state index contributed by atoms with van der Waals surface area (Å²) < 4.78 is 16.8. The molecule has 0 aliphatic carbocycles. The van der Waals surface area contributed by atoms with Gasteiger partial charge in [-0.25, -0.2) is 4.98 Å². The Morgan fingerprint density at radius 3 is 2.62 bits per heavy atom. The molecular formula is C19H22N4O3. The molecule has 2 aliphatic rings. The number of nitrogens with zero attached hydrogens (tertiary/aromatic N) is 2. The molecule has 2 aromatic rings. The van der Waals surface area contributed by atoms with Crippen LogP contribution in [-0.2, 0) is 10.2 Å². The molecule has 1 unspecified atom stereocenters. The number of amidine groups is 1. The number of hydrogen-bond donors (Lipinski definition) is 2. The zero-order valence-electron chi connectivity index (χ0n) is 15.5. The normalized spacial score (nSPS) is 18.3. The Kier molecular flexibility index (Phi) is 3.50. The second kappa shape index (κ2) is 5.52. The average Bonchev–Trinajstić information content (AvgIpc) is 3.04. The van der Waals surface area contributed by atoms with Crippen LogP contribution in [0.4, 0.5) is 11.6 Å². The van der Waals surface area contributed by atoms with Crippen molar-refractivity contribution in [2.75, 3.05) is 19.5 Å². The summed E-state index contributed by atoms with van der Waals surface area (Å²) in [7, 11) is 3.24. The fourth-order valence-electron chi connectivity index (χ4n) is 3.29. The number of methoxy groups -OCH3 is 2. The highest BCUT2D eigenvalue weighted by atomic mass is 16.5. The number of aromatic nitrogens is 1. The van der Waals surface area contributed by atoms with Crippen molar-refractivity contribution in [1.82, 2.24) is 4.98 Å². The van der Waals surface area contributed by atoms with Gasteiger partial charge >= 0.3 is 0 Å². The van der Waals surface area contributed by atoms with Crippen molar-refractivity contribution in [3.8, 4) is 5.75 Å². The van der Waals surface area contributed by atoms with E-state index in [9.17, 15) is 0 Å². The molecule has 0 saturated heterocycles. The number of ether oxygens (including phenoxy) is 2. The summed E-state index contributed by atoms with van der Waals surface area (Å²) in [6.45, 7) is 6.15. The molecule has 4 rings (SSSR count). The number of fused-ring (bicyclic) bond motifs is 5. The summed E-state index contributed by atoms with van der Waals surface area (Å²) in [4.78, 5) is 9.20. The summed E-state index contributed by atoms with van der Waals surface area (Å²) >= 11 is 0. The molecule has 26 heavy (non-hydrogen) atoms. The van der Waals surface area contributed by atoms with Gasteiger partial charge in [0.05, 0.1) is 25.7 Å². The molecule has 0 amide bonds. The maximum Gasteiger partial charge on any atom is 0.245 e. The van der Waals surface area contributed by atoms with Gasteiger partial charge in [-0.1, -0.05) is 26.8 Å². The Bertz CT molecular complexity index is 950. The smallest absolute Gasteiger partial charge is 0.245 e. The largest absolute Gasteiger partial charge is 0.497 e. The van der Waals surface area contributed by atoms with E-state index in [1.165, 1.54) is 0 Å². The fourth-order valence-corrected chi connectivity index (χ4v) is 3.29. The third kappa shape index (κ3) is 2.34. The summed E-state index contributed by atoms with van der Waals surface area (Å²) in [5, 5.41) is 3.28. The van der Waals surface area contributed by atoms with Gasteiger partial charge in [0.25, 0.3) is 0 Å².